The number of nitrogens with one attached hydrogen (secondary N) is 3. The lowest BCUT2D eigenvalue weighted by molar-refractivity contribution is -0.115. The summed E-state index contributed by atoms with van der Waals surface area (Å²) in [6.45, 7) is -0.361. The second-order valence-corrected chi connectivity index (χ2v) is 5.84. The summed E-state index contributed by atoms with van der Waals surface area (Å²) in [4.78, 5) is 39.3. The molecule has 2 aromatic carbocycles. The van der Waals surface area contributed by atoms with Crippen LogP contribution in [0.25, 0.3) is 10.9 Å². The molecule has 0 saturated carbocycles. The summed E-state index contributed by atoms with van der Waals surface area (Å²) in [5.74, 6) is -1.82. The second kappa shape index (κ2) is 7.37. The fourth-order valence-electron chi connectivity index (χ4n) is 2.37. The van der Waals surface area contributed by atoms with Crippen molar-refractivity contribution in [3.63, 3.8) is 0 Å². The van der Waals surface area contributed by atoms with Crippen molar-refractivity contribution in [2.75, 3.05) is 11.9 Å². The molecule has 1 aromatic heterocycles. The molecule has 0 radical (unpaired) electrons. The van der Waals surface area contributed by atoms with Crippen LogP contribution in [0.4, 0.5) is 10.1 Å². The van der Waals surface area contributed by atoms with Gasteiger partial charge in [-0.3, -0.25) is 14.4 Å². The summed E-state index contributed by atoms with van der Waals surface area (Å²) < 4.78 is 13.1. The number of anilines is 1. The Morgan fingerprint density at radius 3 is 2.69 bits per heavy atom. The fourth-order valence-corrected chi connectivity index (χ4v) is 2.55. The van der Waals surface area contributed by atoms with Gasteiger partial charge in [-0.25, -0.2) is 4.39 Å². The summed E-state index contributed by atoms with van der Waals surface area (Å²) >= 11 is 5.64. The molecule has 1 heterocycles. The van der Waals surface area contributed by atoms with Gasteiger partial charge in [0, 0.05) is 22.8 Å². The van der Waals surface area contributed by atoms with E-state index in [1.54, 1.807) is 24.3 Å². The van der Waals surface area contributed by atoms with Gasteiger partial charge in [-0.15, -0.1) is 0 Å². The van der Waals surface area contributed by atoms with Crippen molar-refractivity contribution in [3.8, 4) is 0 Å². The maximum absolute atomic E-state index is 13.1. The van der Waals surface area contributed by atoms with E-state index in [4.69, 9.17) is 11.6 Å². The minimum Gasteiger partial charge on any atom is -0.360 e. The first kappa shape index (κ1) is 17.6. The quantitative estimate of drug-likeness (QED) is 0.656. The molecule has 0 aliphatic rings. The molecule has 3 N–H and O–H groups in total. The maximum Gasteiger partial charge on any atom is 0.257 e. The van der Waals surface area contributed by atoms with Gasteiger partial charge in [0.2, 0.25) is 11.3 Å². The number of pyridine rings is 1. The van der Waals surface area contributed by atoms with Gasteiger partial charge in [0.05, 0.1) is 11.6 Å². The molecule has 6 nitrogen and oxygen atoms in total. The van der Waals surface area contributed by atoms with Crippen molar-refractivity contribution in [3.05, 3.63) is 75.3 Å². The number of rotatable bonds is 4. The molecule has 0 bridgehead atoms. The highest BCUT2D eigenvalue weighted by molar-refractivity contribution is 6.31. The number of amides is 2. The van der Waals surface area contributed by atoms with E-state index in [9.17, 15) is 18.8 Å². The summed E-state index contributed by atoms with van der Waals surface area (Å²) in [5, 5.41) is 5.09. The molecule has 0 saturated heterocycles. The first-order valence-electron chi connectivity index (χ1n) is 7.59. The predicted octanol–water partition coefficient (Wildman–Crippen LogP) is 2.69. The topological polar surface area (TPSA) is 91.1 Å². The molecule has 8 heteroatoms. The number of benzene rings is 2. The van der Waals surface area contributed by atoms with Crippen LogP contribution >= 0.6 is 11.6 Å². The van der Waals surface area contributed by atoms with Gasteiger partial charge >= 0.3 is 0 Å². The summed E-state index contributed by atoms with van der Waals surface area (Å²) in [6.07, 6.45) is 1.30. The number of H-pyrrole nitrogens is 1. The van der Waals surface area contributed by atoms with Crippen LogP contribution in [0.5, 0.6) is 0 Å². The highest BCUT2D eigenvalue weighted by atomic mass is 35.5. The molecule has 26 heavy (non-hydrogen) atoms. The Labute approximate surface area is 152 Å². The monoisotopic (exact) mass is 373 g/mol. The summed E-state index contributed by atoms with van der Waals surface area (Å²) in [6, 6.07) is 10.5. The van der Waals surface area contributed by atoms with Crippen LogP contribution in [-0.4, -0.2) is 23.3 Å². The molecule has 3 rings (SSSR count). The van der Waals surface area contributed by atoms with E-state index in [1.807, 2.05) is 0 Å². The van der Waals surface area contributed by atoms with Crippen molar-refractivity contribution in [1.29, 1.82) is 0 Å². The average molecular weight is 374 g/mol. The number of hydrogen-bond acceptors (Lipinski definition) is 3. The zero-order valence-corrected chi connectivity index (χ0v) is 14.1. The number of hydrogen-bond donors (Lipinski definition) is 3. The smallest absolute Gasteiger partial charge is 0.257 e. The number of carbonyl (C=O) groups excluding carboxylic acids is 2. The van der Waals surface area contributed by atoms with Crippen LogP contribution in [0.1, 0.15) is 10.4 Å². The molecule has 2 amide bonds. The Morgan fingerprint density at radius 1 is 1.15 bits per heavy atom. The highest BCUT2D eigenvalue weighted by Crippen LogP contribution is 2.19. The first-order valence-corrected chi connectivity index (χ1v) is 7.97. The Hall–Kier alpha value is -3.19. The fraction of sp³-hybridized carbons (Fsp3) is 0.0556. The molecule has 0 aliphatic heterocycles. The maximum atomic E-state index is 13.1. The van der Waals surface area contributed by atoms with Gasteiger partial charge in [-0.05, 0) is 30.3 Å². The third-order valence-electron chi connectivity index (χ3n) is 3.65. The number of halogens is 2. The molecular weight excluding hydrogens is 361 g/mol. The third-order valence-corrected chi connectivity index (χ3v) is 3.94. The van der Waals surface area contributed by atoms with Gasteiger partial charge in [-0.1, -0.05) is 23.7 Å². The SMILES string of the molecule is O=C(CNC(=O)c1c[nH]c2ccccc2c1=O)Nc1ccc(F)c(Cl)c1. The van der Waals surface area contributed by atoms with Crippen LogP contribution in [0, 0.1) is 5.82 Å². The molecule has 132 valence electrons. The van der Waals surface area contributed by atoms with Crippen LogP contribution in [0.2, 0.25) is 5.02 Å². The zero-order valence-electron chi connectivity index (χ0n) is 13.3. The van der Waals surface area contributed by atoms with Crippen molar-refractivity contribution in [2.45, 2.75) is 0 Å². The molecule has 0 atom stereocenters. The Bertz CT molecular complexity index is 1060. The van der Waals surface area contributed by atoms with Crippen molar-refractivity contribution >= 4 is 40.0 Å². The van der Waals surface area contributed by atoms with Crippen LogP contribution in [0.15, 0.2) is 53.5 Å². The van der Waals surface area contributed by atoms with Crippen LogP contribution in [0.3, 0.4) is 0 Å². The Kier molecular flexibility index (Phi) is 4.99. The average Bonchev–Trinajstić information content (AvgIpc) is 2.63. The van der Waals surface area contributed by atoms with E-state index in [-0.39, 0.29) is 17.1 Å². The van der Waals surface area contributed by atoms with E-state index >= 15 is 0 Å². The van der Waals surface area contributed by atoms with E-state index in [0.717, 1.165) is 6.07 Å². The normalized spacial score (nSPS) is 10.5. The van der Waals surface area contributed by atoms with Crippen molar-refractivity contribution < 1.29 is 14.0 Å². The number of aromatic amines is 1. The van der Waals surface area contributed by atoms with Gasteiger partial charge in [-0.2, -0.15) is 0 Å². The lowest BCUT2D eigenvalue weighted by atomic mass is 10.1. The molecule has 3 aromatic rings. The van der Waals surface area contributed by atoms with Gasteiger partial charge in [0.25, 0.3) is 5.91 Å². The summed E-state index contributed by atoms with van der Waals surface area (Å²) in [5.41, 5.74) is 0.378. The van der Waals surface area contributed by atoms with E-state index in [0.29, 0.717) is 16.6 Å². The number of para-hydroxylation sites is 1. The third kappa shape index (κ3) is 3.73. The molecule has 0 aliphatic carbocycles. The predicted molar refractivity (Wildman–Crippen MR) is 96.9 cm³/mol. The minimum absolute atomic E-state index is 0.0960. The number of fused-ring (bicyclic) bond motifs is 1. The highest BCUT2D eigenvalue weighted by Gasteiger charge is 2.14. The molecule has 0 spiro atoms. The van der Waals surface area contributed by atoms with Gasteiger partial charge < -0.3 is 15.6 Å². The van der Waals surface area contributed by atoms with Crippen LogP contribution in [-0.2, 0) is 4.79 Å². The lowest BCUT2D eigenvalue weighted by Gasteiger charge is -2.08. The number of carbonyl (C=O) groups is 2. The van der Waals surface area contributed by atoms with Crippen LogP contribution < -0.4 is 16.1 Å². The van der Waals surface area contributed by atoms with E-state index < -0.39 is 23.1 Å². The minimum atomic E-state index is -0.677. The summed E-state index contributed by atoms with van der Waals surface area (Å²) in [7, 11) is 0. The van der Waals surface area contributed by atoms with Crippen molar-refractivity contribution in [1.82, 2.24) is 10.3 Å². The molecule has 0 fully saturated rings. The van der Waals surface area contributed by atoms with E-state index in [2.05, 4.69) is 15.6 Å². The Morgan fingerprint density at radius 2 is 1.92 bits per heavy atom. The molecular formula is C18H13ClFN3O3. The van der Waals surface area contributed by atoms with Crippen molar-refractivity contribution in [2.24, 2.45) is 0 Å². The number of aromatic nitrogens is 1. The lowest BCUT2D eigenvalue weighted by Crippen LogP contribution is -2.35. The standard InChI is InChI=1S/C18H13ClFN3O3/c19-13-7-10(5-6-14(13)20)23-16(24)9-22-18(26)12-8-21-15-4-2-1-3-11(15)17(12)25/h1-8H,9H2,(H,21,25)(H,22,26)(H,23,24). The zero-order chi connectivity index (χ0) is 18.7. The Balaban J connectivity index is 1.67. The van der Waals surface area contributed by atoms with E-state index in [1.165, 1.54) is 18.3 Å². The van der Waals surface area contributed by atoms with Gasteiger partial charge in [0.1, 0.15) is 11.4 Å². The van der Waals surface area contributed by atoms with Gasteiger partial charge in [0.15, 0.2) is 0 Å². The largest absolute Gasteiger partial charge is 0.360 e. The molecule has 0 unspecified atom stereocenters. The second-order valence-electron chi connectivity index (χ2n) is 5.44. The first-order chi connectivity index (χ1) is 12.5.